The molecule has 8 nitrogen and oxygen atoms in total. The lowest BCUT2D eigenvalue weighted by molar-refractivity contribution is -0.159. The Labute approximate surface area is 225 Å². The Balaban J connectivity index is 1.80. The molecule has 1 aliphatic heterocycles. The first-order chi connectivity index (χ1) is 17.5. The number of halogens is 1. The summed E-state index contributed by atoms with van der Waals surface area (Å²) in [6.45, 7) is 12.9. The van der Waals surface area contributed by atoms with Gasteiger partial charge in [0.1, 0.15) is 23.1 Å². The van der Waals surface area contributed by atoms with E-state index in [1.807, 2.05) is 20.8 Å². The molecule has 0 aromatic heterocycles. The fraction of sp³-hybridized carbons (Fsp3) is 0.690. The molecule has 2 unspecified atom stereocenters. The van der Waals surface area contributed by atoms with E-state index in [0.717, 1.165) is 12.8 Å². The predicted octanol–water partition coefficient (Wildman–Crippen LogP) is 4.64. The molecule has 1 aliphatic carbocycles. The number of hydrogen-bond donors (Lipinski definition) is 1. The summed E-state index contributed by atoms with van der Waals surface area (Å²) in [4.78, 5) is 41.3. The van der Waals surface area contributed by atoms with Crippen LogP contribution in [0.15, 0.2) is 24.3 Å². The number of esters is 1. The molecule has 3 rings (SSSR count). The highest BCUT2D eigenvalue weighted by Crippen LogP contribution is 2.56. The fourth-order valence-corrected chi connectivity index (χ4v) is 5.05. The van der Waals surface area contributed by atoms with Crippen LogP contribution in [0.4, 0.5) is 9.18 Å². The molecular formula is C29H43FN2O6. The lowest BCUT2D eigenvalue weighted by Gasteiger charge is -2.35. The molecule has 9 heteroatoms. The van der Waals surface area contributed by atoms with Crippen LogP contribution in [0.3, 0.4) is 0 Å². The number of nitrogens with one attached hydrogen (secondary N) is 1. The lowest BCUT2D eigenvalue weighted by atomic mass is 9.91. The van der Waals surface area contributed by atoms with Crippen molar-refractivity contribution in [1.29, 1.82) is 0 Å². The molecular weight excluding hydrogens is 491 g/mol. The van der Waals surface area contributed by atoms with Gasteiger partial charge in [-0.15, -0.1) is 0 Å². The second kappa shape index (κ2) is 11.2. The Kier molecular flexibility index (Phi) is 8.81. The minimum absolute atomic E-state index is 0.0401. The third kappa shape index (κ3) is 7.68. The highest BCUT2D eigenvalue weighted by Gasteiger charge is 2.57. The van der Waals surface area contributed by atoms with Crippen LogP contribution in [-0.2, 0) is 30.2 Å². The van der Waals surface area contributed by atoms with Crippen LogP contribution in [0.1, 0.15) is 73.3 Å². The largest absolute Gasteiger partial charge is 0.458 e. The van der Waals surface area contributed by atoms with Crippen LogP contribution >= 0.6 is 0 Å². The Hall–Kier alpha value is -2.68. The topological polar surface area (TPSA) is 94.2 Å². The molecule has 38 heavy (non-hydrogen) atoms. The summed E-state index contributed by atoms with van der Waals surface area (Å²) in [5, 5.41) is 2.78. The minimum atomic E-state index is -1.10. The van der Waals surface area contributed by atoms with Crippen molar-refractivity contribution in [2.75, 3.05) is 13.7 Å². The quantitative estimate of drug-likeness (QED) is 0.489. The molecule has 212 valence electrons. The summed E-state index contributed by atoms with van der Waals surface area (Å²) in [7, 11) is 1.52. The SMILES string of the molecule is COC([C@@H](C)C(=O)NC(Cc1ccccc1F)C(=O)OC(C)(C)C)[C@@H]1CC2(CC2)CN1C(=O)OC(C)(C)C. The van der Waals surface area contributed by atoms with Crippen LogP contribution in [0.5, 0.6) is 0 Å². The van der Waals surface area contributed by atoms with Crippen molar-refractivity contribution in [3.05, 3.63) is 35.6 Å². The second-order valence-electron chi connectivity index (χ2n) is 12.8. The van der Waals surface area contributed by atoms with Crippen molar-refractivity contribution in [2.24, 2.45) is 11.3 Å². The van der Waals surface area contributed by atoms with Gasteiger partial charge < -0.3 is 24.4 Å². The van der Waals surface area contributed by atoms with Gasteiger partial charge in [0.25, 0.3) is 0 Å². The fourth-order valence-electron chi connectivity index (χ4n) is 5.05. The third-order valence-electron chi connectivity index (χ3n) is 7.08. The van der Waals surface area contributed by atoms with Crippen LogP contribution in [0.25, 0.3) is 0 Å². The van der Waals surface area contributed by atoms with Crippen LogP contribution in [-0.4, -0.2) is 65.9 Å². The zero-order valence-corrected chi connectivity index (χ0v) is 23.9. The van der Waals surface area contributed by atoms with Gasteiger partial charge in [0, 0.05) is 20.1 Å². The first kappa shape index (κ1) is 29.9. The van der Waals surface area contributed by atoms with Gasteiger partial charge in [0.15, 0.2) is 0 Å². The summed E-state index contributed by atoms with van der Waals surface area (Å²) in [6, 6.07) is 4.67. The Morgan fingerprint density at radius 1 is 1.08 bits per heavy atom. The molecule has 1 aromatic carbocycles. The number of amides is 2. The van der Waals surface area contributed by atoms with Gasteiger partial charge in [-0.1, -0.05) is 25.1 Å². The number of benzene rings is 1. The van der Waals surface area contributed by atoms with E-state index in [9.17, 15) is 18.8 Å². The van der Waals surface area contributed by atoms with E-state index in [1.165, 1.54) is 13.2 Å². The predicted molar refractivity (Wildman–Crippen MR) is 141 cm³/mol. The maximum atomic E-state index is 14.4. The summed E-state index contributed by atoms with van der Waals surface area (Å²) in [6.07, 6.45) is 1.63. The summed E-state index contributed by atoms with van der Waals surface area (Å²) >= 11 is 0. The van der Waals surface area contributed by atoms with Crippen molar-refractivity contribution in [1.82, 2.24) is 10.2 Å². The number of likely N-dealkylation sites (tertiary alicyclic amines) is 1. The van der Waals surface area contributed by atoms with Gasteiger partial charge in [-0.05, 0) is 77.8 Å². The van der Waals surface area contributed by atoms with E-state index < -0.39 is 53.1 Å². The van der Waals surface area contributed by atoms with E-state index in [-0.39, 0.29) is 17.9 Å². The maximum Gasteiger partial charge on any atom is 0.410 e. The monoisotopic (exact) mass is 534 g/mol. The minimum Gasteiger partial charge on any atom is -0.458 e. The van der Waals surface area contributed by atoms with Crippen LogP contribution < -0.4 is 5.32 Å². The van der Waals surface area contributed by atoms with Gasteiger partial charge in [0.05, 0.1) is 18.1 Å². The zero-order chi connectivity index (χ0) is 28.5. The van der Waals surface area contributed by atoms with Gasteiger partial charge in [-0.3, -0.25) is 4.79 Å². The van der Waals surface area contributed by atoms with Gasteiger partial charge in [0.2, 0.25) is 5.91 Å². The first-order valence-electron chi connectivity index (χ1n) is 13.3. The Morgan fingerprint density at radius 3 is 2.21 bits per heavy atom. The van der Waals surface area contributed by atoms with Crippen molar-refractivity contribution in [3.63, 3.8) is 0 Å². The average Bonchev–Trinajstić information content (AvgIpc) is 3.43. The number of nitrogens with zero attached hydrogens (tertiary/aromatic N) is 1. The third-order valence-corrected chi connectivity index (χ3v) is 7.08. The molecule has 1 saturated heterocycles. The maximum absolute atomic E-state index is 14.4. The molecule has 2 fully saturated rings. The Bertz CT molecular complexity index is 1030. The van der Waals surface area contributed by atoms with E-state index in [0.29, 0.717) is 18.5 Å². The second-order valence-corrected chi connectivity index (χ2v) is 12.8. The van der Waals surface area contributed by atoms with Gasteiger partial charge in [-0.2, -0.15) is 0 Å². The van der Waals surface area contributed by atoms with E-state index in [4.69, 9.17) is 14.2 Å². The van der Waals surface area contributed by atoms with Crippen LogP contribution in [0, 0.1) is 17.2 Å². The molecule has 0 radical (unpaired) electrons. The van der Waals surface area contributed by atoms with E-state index in [2.05, 4.69) is 5.32 Å². The molecule has 1 spiro atoms. The molecule has 2 aliphatic rings. The van der Waals surface area contributed by atoms with Crippen LogP contribution in [0.2, 0.25) is 0 Å². The van der Waals surface area contributed by atoms with Gasteiger partial charge >= 0.3 is 12.1 Å². The smallest absolute Gasteiger partial charge is 0.410 e. The summed E-state index contributed by atoms with van der Waals surface area (Å²) in [5.41, 5.74) is -1.10. The summed E-state index contributed by atoms with van der Waals surface area (Å²) in [5.74, 6) is -2.27. The zero-order valence-electron chi connectivity index (χ0n) is 23.9. The highest BCUT2D eigenvalue weighted by molar-refractivity contribution is 5.86. The molecule has 1 N–H and O–H groups in total. The number of carbonyl (C=O) groups excluding carboxylic acids is 3. The summed E-state index contributed by atoms with van der Waals surface area (Å²) < 4.78 is 31.4. The van der Waals surface area contributed by atoms with Crippen molar-refractivity contribution < 1.29 is 33.0 Å². The van der Waals surface area contributed by atoms with Crippen molar-refractivity contribution >= 4 is 18.0 Å². The number of hydrogen-bond acceptors (Lipinski definition) is 6. The molecule has 1 aromatic rings. The molecule has 1 saturated carbocycles. The van der Waals surface area contributed by atoms with Crippen molar-refractivity contribution in [3.8, 4) is 0 Å². The first-order valence-corrected chi connectivity index (χ1v) is 13.3. The molecule has 0 bridgehead atoms. The van der Waals surface area contributed by atoms with Gasteiger partial charge in [-0.25, -0.2) is 14.0 Å². The average molecular weight is 535 g/mol. The number of carbonyl (C=O) groups is 3. The number of methoxy groups -OCH3 is 1. The molecule has 2 amide bonds. The lowest BCUT2D eigenvalue weighted by Crippen LogP contribution is -2.53. The normalized spacial score (nSPS) is 21.0. The standard InChI is InChI=1S/C29H43FN2O6/c1-18(23(36-8)22-16-29(13-14-29)17-32(22)26(35)38-28(5,6)7)24(33)31-21(25(34)37-27(2,3)4)15-19-11-9-10-12-20(19)30/h9-12,18,21-23H,13-17H2,1-8H3,(H,31,33)/t18-,21?,22+,23?/m1/s1. The number of rotatable bonds is 8. The Morgan fingerprint density at radius 2 is 1.68 bits per heavy atom. The molecule has 1 heterocycles. The van der Waals surface area contributed by atoms with Crippen molar-refractivity contribution in [2.45, 2.75) is 104 Å². The van der Waals surface area contributed by atoms with E-state index in [1.54, 1.807) is 50.8 Å². The highest BCUT2D eigenvalue weighted by atomic mass is 19.1. The van der Waals surface area contributed by atoms with E-state index >= 15 is 0 Å². The molecule has 4 atom stereocenters. The number of ether oxygens (including phenoxy) is 3.